The fourth-order valence-corrected chi connectivity index (χ4v) is 3.36. The van der Waals surface area contributed by atoms with Gasteiger partial charge in [0.05, 0.1) is 5.52 Å². The lowest BCUT2D eigenvalue weighted by Gasteiger charge is -2.07. The molecule has 4 nitrogen and oxygen atoms in total. The molecular formula is C22H17N3O. The van der Waals surface area contributed by atoms with Crippen LogP contribution in [0.3, 0.4) is 0 Å². The van der Waals surface area contributed by atoms with Crippen molar-refractivity contribution in [1.29, 1.82) is 0 Å². The SMILES string of the molecule is Cc1nn2c(ncc3ccccc32)c1OCc1ccc2ccccc2c1. The van der Waals surface area contributed by atoms with Crippen LogP contribution in [0, 0.1) is 6.92 Å². The second-order valence-electron chi connectivity index (χ2n) is 6.44. The zero-order chi connectivity index (χ0) is 17.5. The molecule has 0 amide bonds. The summed E-state index contributed by atoms with van der Waals surface area (Å²) in [6, 6.07) is 22.8. The third-order valence-corrected chi connectivity index (χ3v) is 4.67. The Balaban J connectivity index is 1.52. The summed E-state index contributed by atoms with van der Waals surface area (Å²) in [5.41, 5.74) is 3.75. The third-order valence-electron chi connectivity index (χ3n) is 4.67. The Morgan fingerprint density at radius 3 is 2.54 bits per heavy atom. The molecule has 0 saturated heterocycles. The number of aryl methyl sites for hydroxylation is 1. The average molecular weight is 339 g/mol. The number of benzene rings is 3. The van der Waals surface area contributed by atoms with Gasteiger partial charge in [0.1, 0.15) is 12.3 Å². The Kier molecular flexibility index (Phi) is 3.35. The molecule has 0 bridgehead atoms. The minimum Gasteiger partial charge on any atom is -0.483 e. The molecule has 0 spiro atoms. The van der Waals surface area contributed by atoms with Crippen molar-refractivity contribution in [1.82, 2.24) is 14.6 Å². The highest BCUT2D eigenvalue weighted by Crippen LogP contribution is 2.27. The van der Waals surface area contributed by atoms with E-state index in [9.17, 15) is 0 Å². The predicted molar refractivity (Wildman–Crippen MR) is 104 cm³/mol. The maximum absolute atomic E-state index is 6.13. The molecule has 3 aromatic carbocycles. The van der Waals surface area contributed by atoms with Crippen molar-refractivity contribution in [3.8, 4) is 5.75 Å². The van der Waals surface area contributed by atoms with Crippen molar-refractivity contribution in [3.05, 3.63) is 84.2 Å². The van der Waals surface area contributed by atoms with Crippen LogP contribution in [0.2, 0.25) is 0 Å². The number of hydrogen-bond donors (Lipinski definition) is 0. The molecule has 4 heteroatoms. The molecule has 0 aliphatic carbocycles. The smallest absolute Gasteiger partial charge is 0.198 e. The molecular weight excluding hydrogens is 322 g/mol. The predicted octanol–water partition coefficient (Wildman–Crippen LogP) is 4.92. The minimum absolute atomic E-state index is 0.488. The largest absolute Gasteiger partial charge is 0.483 e. The van der Waals surface area contributed by atoms with Crippen molar-refractivity contribution >= 4 is 27.3 Å². The fourth-order valence-electron chi connectivity index (χ4n) is 3.36. The van der Waals surface area contributed by atoms with Crippen LogP contribution < -0.4 is 4.74 Å². The van der Waals surface area contributed by atoms with E-state index < -0.39 is 0 Å². The summed E-state index contributed by atoms with van der Waals surface area (Å²) >= 11 is 0. The van der Waals surface area contributed by atoms with Crippen molar-refractivity contribution in [2.24, 2.45) is 0 Å². The average Bonchev–Trinajstić information content (AvgIpc) is 3.02. The molecule has 26 heavy (non-hydrogen) atoms. The number of hydrogen-bond acceptors (Lipinski definition) is 3. The highest BCUT2D eigenvalue weighted by atomic mass is 16.5. The van der Waals surface area contributed by atoms with Gasteiger partial charge in [-0.25, -0.2) is 9.50 Å². The molecule has 5 rings (SSSR count). The first-order chi connectivity index (χ1) is 12.8. The lowest BCUT2D eigenvalue weighted by Crippen LogP contribution is -1.97. The first kappa shape index (κ1) is 14.9. The van der Waals surface area contributed by atoms with Crippen LogP contribution in [-0.4, -0.2) is 14.6 Å². The van der Waals surface area contributed by atoms with E-state index in [0.29, 0.717) is 6.61 Å². The topological polar surface area (TPSA) is 39.4 Å². The van der Waals surface area contributed by atoms with E-state index in [1.165, 1.54) is 10.8 Å². The van der Waals surface area contributed by atoms with Crippen molar-refractivity contribution in [3.63, 3.8) is 0 Å². The summed E-state index contributed by atoms with van der Waals surface area (Å²) in [5.74, 6) is 0.740. The number of aromatic nitrogens is 3. The van der Waals surface area contributed by atoms with Gasteiger partial charge in [0.2, 0.25) is 0 Å². The van der Waals surface area contributed by atoms with Gasteiger partial charge < -0.3 is 4.74 Å². The standard InChI is InChI=1S/C22H17N3O/c1-15-21(22-23-13-19-8-4-5-9-20(19)25(22)24-15)26-14-16-10-11-17-6-2-3-7-18(17)12-16/h2-13H,14H2,1H3. The second-order valence-corrected chi connectivity index (χ2v) is 6.44. The van der Waals surface area contributed by atoms with Crippen molar-refractivity contribution in [2.45, 2.75) is 13.5 Å². The molecule has 2 heterocycles. The molecule has 126 valence electrons. The van der Waals surface area contributed by atoms with Crippen LogP contribution in [0.1, 0.15) is 11.3 Å². The minimum atomic E-state index is 0.488. The van der Waals surface area contributed by atoms with Crippen LogP contribution in [0.15, 0.2) is 72.9 Å². The third kappa shape index (κ3) is 2.39. The zero-order valence-corrected chi connectivity index (χ0v) is 14.4. The van der Waals surface area contributed by atoms with Gasteiger partial charge in [-0.05, 0) is 35.4 Å². The Morgan fingerprint density at radius 1 is 0.885 bits per heavy atom. The first-order valence-electron chi connectivity index (χ1n) is 8.63. The fraction of sp³-hybridized carbons (Fsp3) is 0.0909. The summed E-state index contributed by atoms with van der Waals surface area (Å²) in [4.78, 5) is 4.57. The molecule has 0 saturated carbocycles. The summed E-state index contributed by atoms with van der Waals surface area (Å²) < 4.78 is 7.99. The zero-order valence-electron chi connectivity index (χ0n) is 14.4. The van der Waals surface area contributed by atoms with E-state index in [2.05, 4.69) is 52.5 Å². The maximum atomic E-state index is 6.13. The summed E-state index contributed by atoms with van der Waals surface area (Å²) in [6.45, 7) is 2.45. The van der Waals surface area contributed by atoms with Crippen LogP contribution in [0.4, 0.5) is 0 Å². The van der Waals surface area contributed by atoms with E-state index in [4.69, 9.17) is 4.74 Å². The van der Waals surface area contributed by atoms with Gasteiger partial charge in [0, 0.05) is 11.6 Å². The maximum Gasteiger partial charge on any atom is 0.198 e. The first-order valence-corrected chi connectivity index (χ1v) is 8.63. The summed E-state index contributed by atoms with van der Waals surface area (Å²) in [6.07, 6.45) is 1.87. The lowest BCUT2D eigenvalue weighted by molar-refractivity contribution is 0.307. The van der Waals surface area contributed by atoms with Crippen LogP contribution in [0.5, 0.6) is 5.75 Å². The van der Waals surface area contributed by atoms with Gasteiger partial charge in [-0.1, -0.05) is 54.6 Å². The Morgan fingerprint density at radius 2 is 1.65 bits per heavy atom. The van der Waals surface area contributed by atoms with Gasteiger partial charge in [-0.15, -0.1) is 0 Å². The number of rotatable bonds is 3. The number of para-hydroxylation sites is 1. The number of nitrogens with zero attached hydrogens (tertiary/aromatic N) is 3. The van der Waals surface area contributed by atoms with Crippen LogP contribution >= 0.6 is 0 Å². The van der Waals surface area contributed by atoms with Crippen LogP contribution in [0.25, 0.3) is 27.3 Å². The summed E-state index contributed by atoms with van der Waals surface area (Å²) in [7, 11) is 0. The van der Waals surface area contributed by atoms with Crippen molar-refractivity contribution < 1.29 is 4.74 Å². The molecule has 0 unspecified atom stereocenters. The number of fused-ring (bicyclic) bond motifs is 4. The molecule has 0 fully saturated rings. The van der Waals surface area contributed by atoms with E-state index in [0.717, 1.165) is 33.6 Å². The molecule has 0 N–H and O–H groups in total. The Labute approximate surface area is 150 Å². The highest BCUT2D eigenvalue weighted by Gasteiger charge is 2.14. The molecule has 5 aromatic rings. The Bertz CT molecular complexity index is 1260. The van der Waals surface area contributed by atoms with E-state index in [-0.39, 0.29) is 0 Å². The van der Waals surface area contributed by atoms with E-state index >= 15 is 0 Å². The van der Waals surface area contributed by atoms with Crippen molar-refractivity contribution in [2.75, 3.05) is 0 Å². The summed E-state index contributed by atoms with van der Waals surface area (Å²) in [5, 5.41) is 8.14. The monoisotopic (exact) mass is 339 g/mol. The quantitative estimate of drug-likeness (QED) is 0.468. The normalized spacial score (nSPS) is 11.4. The van der Waals surface area contributed by atoms with E-state index in [1.807, 2.05) is 41.9 Å². The lowest BCUT2D eigenvalue weighted by atomic mass is 10.1. The molecule has 2 aromatic heterocycles. The highest BCUT2D eigenvalue weighted by molar-refractivity contribution is 5.83. The Hall–Kier alpha value is -3.40. The van der Waals surface area contributed by atoms with Gasteiger partial charge in [-0.2, -0.15) is 5.10 Å². The van der Waals surface area contributed by atoms with Gasteiger partial charge in [0.25, 0.3) is 0 Å². The molecule has 0 aliphatic heterocycles. The van der Waals surface area contributed by atoms with Crippen LogP contribution in [-0.2, 0) is 6.61 Å². The second kappa shape index (κ2) is 5.85. The molecule has 0 aliphatic rings. The molecule has 0 atom stereocenters. The number of ether oxygens (including phenoxy) is 1. The van der Waals surface area contributed by atoms with Gasteiger partial charge >= 0.3 is 0 Å². The van der Waals surface area contributed by atoms with E-state index in [1.54, 1.807) is 0 Å². The van der Waals surface area contributed by atoms with Gasteiger partial charge in [-0.3, -0.25) is 0 Å². The van der Waals surface area contributed by atoms with Gasteiger partial charge in [0.15, 0.2) is 11.4 Å². The molecule has 0 radical (unpaired) electrons.